The molecule has 2 aromatic rings. The molecule has 4 rings (SSSR count). The Labute approximate surface area is 167 Å². The summed E-state index contributed by atoms with van der Waals surface area (Å²) >= 11 is 1.51. The van der Waals surface area contributed by atoms with Gasteiger partial charge in [0, 0.05) is 42.8 Å². The number of amides is 2. The molecule has 2 aliphatic heterocycles. The molecule has 3 atom stereocenters. The van der Waals surface area contributed by atoms with Crippen molar-refractivity contribution in [3.05, 3.63) is 46.7 Å². The minimum Gasteiger partial charge on any atom is -0.387 e. The minimum absolute atomic E-state index is 0.0207. The molecule has 8 heteroatoms. The Hall–Kier alpha value is -2.32. The van der Waals surface area contributed by atoms with E-state index >= 15 is 0 Å². The number of thiazole rings is 1. The first kappa shape index (κ1) is 19.0. The molecule has 2 bridgehead atoms. The van der Waals surface area contributed by atoms with Crippen LogP contribution in [-0.4, -0.2) is 57.0 Å². The highest BCUT2D eigenvalue weighted by molar-refractivity contribution is 7.07. The van der Waals surface area contributed by atoms with Gasteiger partial charge in [-0.2, -0.15) is 0 Å². The summed E-state index contributed by atoms with van der Waals surface area (Å²) in [6.45, 7) is 0.0110. The van der Waals surface area contributed by atoms with E-state index in [1.165, 1.54) is 11.3 Å². The second kappa shape index (κ2) is 7.97. The number of fused-ring (bicyclic) bond motifs is 2. The number of pyridine rings is 1. The minimum atomic E-state index is -0.684. The predicted octanol–water partition coefficient (Wildman–Crippen LogP) is 1.18. The molecule has 2 N–H and O–H groups in total. The summed E-state index contributed by atoms with van der Waals surface area (Å²) in [5.41, 5.74) is 3.04. The molecule has 2 amide bonds. The van der Waals surface area contributed by atoms with E-state index in [0.29, 0.717) is 25.8 Å². The average Bonchev–Trinajstić information content (AvgIpc) is 3.44. The SMILES string of the molecule is O=C(CO)N1[C@@H]2CC[C@H]1[C@@](Cc1cscn1)(C(=O)NCCc1cccnc1)C2. The van der Waals surface area contributed by atoms with Crippen molar-refractivity contribution in [2.75, 3.05) is 13.2 Å². The second-order valence-corrected chi connectivity index (χ2v) is 8.31. The maximum Gasteiger partial charge on any atom is 0.248 e. The van der Waals surface area contributed by atoms with Gasteiger partial charge in [0.1, 0.15) is 6.61 Å². The predicted molar refractivity (Wildman–Crippen MR) is 105 cm³/mol. The fourth-order valence-electron chi connectivity index (χ4n) is 4.85. The molecule has 7 nitrogen and oxygen atoms in total. The van der Waals surface area contributed by atoms with Gasteiger partial charge < -0.3 is 15.3 Å². The smallest absolute Gasteiger partial charge is 0.248 e. The van der Waals surface area contributed by atoms with Crippen LogP contribution in [0.25, 0.3) is 0 Å². The van der Waals surface area contributed by atoms with Crippen LogP contribution >= 0.6 is 11.3 Å². The van der Waals surface area contributed by atoms with Crippen LogP contribution in [0.3, 0.4) is 0 Å². The fourth-order valence-corrected chi connectivity index (χ4v) is 5.40. The highest BCUT2D eigenvalue weighted by Crippen LogP contribution is 2.51. The van der Waals surface area contributed by atoms with Gasteiger partial charge in [0.25, 0.3) is 0 Å². The van der Waals surface area contributed by atoms with Gasteiger partial charge in [-0.3, -0.25) is 14.6 Å². The van der Waals surface area contributed by atoms with Crippen molar-refractivity contribution >= 4 is 23.2 Å². The van der Waals surface area contributed by atoms with E-state index in [2.05, 4.69) is 15.3 Å². The van der Waals surface area contributed by atoms with Gasteiger partial charge >= 0.3 is 0 Å². The summed E-state index contributed by atoms with van der Waals surface area (Å²) in [6.07, 6.45) is 7.06. The molecular weight excluding hydrogens is 376 g/mol. The lowest BCUT2D eigenvalue weighted by atomic mass is 9.70. The van der Waals surface area contributed by atoms with Crippen molar-refractivity contribution < 1.29 is 14.7 Å². The number of carbonyl (C=O) groups excluding carboxylic acids is 2. The zero-order valence-electron chi connectivity index (χ0n) is 15.6. The van der Waals surface area contributed by atoms with Crippen LogP contribution in [0.15, 0.2) is 35.4 Å². The molecule has 0 saturated carbocycles. The Balaban J connectivity index is 1.52. The second-order valence-electron chi connectivity index (χ2n) is 7.59. The Kier molecular flexibility index (Phi) is 5.41. The summed E-state index contributed by atoms with van der Waals surface area (Å²) in [6, 6.07) is 3.71. The standard InChI is InChI=1S/C20H24N4O3S/c25-11-18(26)24-16-3-4-17(24)20(9-16,8-15-12-28-13-23-15)19(27)22-7-5-14-2-1-6-21-10-14/h1-2,6,10,12-13,16-17,25H,3-5,7-9,11H2,(H,22,27)/t16-,17+,20+/m1/s1. The maximum absolute atomic E-state index is 13.4. The van der Waals surface area contributed by atoms with Crippen molar-refractivity contribution in [1.82, 2.24) is 20.2 Å². The third-order valence-corrected chi connectivity index (χ3v) is 6.65. The van der Waals surface area contributed by atoms with Gasteiger partial charge in [0.05, 0.1) is 16.6 Å². The summed E-state index contributed by atoms with van der Waals surface area (Å²) < 4.78 is 0. The van der Waals surface area contributed by atoms with Crippen LogP contribution in [0.4, 0.5) is 0 Å². The zero-order valence-corrected chi connectivity index (χ0v) is 16.4. The number of aliphatic hydroxyl groups excluding tert-OH is 1. The number of aromatic nitrogens is 2. The summed E-state index contributed by atoms with van der Waals surface area (Å²) in [4.78, 5) is 35.9. The third kappa shape index (κ3) is 3.42. The van der Waals surface area contributed by atoms with E-state index in [-0.39, 0.29) is 23.9 Å². The van der Waals surface area contributed by atoms with E-state index in [1.54, 1.807) is 22.8 Å². The van der Waals surface area contributed by atoms with Gasteiger partial charge in [-0.1, -0.05) is 6.07 Å². The number of aliphatic hydroxyl groups is 1. The number of nitrogens with one attached hydrogen (secondary N) is 1. The lowest BCUT2D eigenvalue weighted by molar-refractivity contribution is -0.138. The highest BCUT2D eigenvalue weighted by atomic mass is 32.1. The average molecular weight is 401 g/mol. The van der Waals surface area contributed by atoms with Crippen molar-refractivity contribution in [3.8, 4) is 0 Å². The summed E-state index contributed by atoms with van der Waals surface area (Å²) in [7, 11) is 0. The topological polar surface area (TPSA) is 95.4 Å². The molecule has 4 heterocycles. The van der Waals surface area contributed by atoms with Gasteiger partial charge in [-0.25, -0.2) is 4.98 Å². The zero-order chi connectivity index (χ0) is 19.6. The third-order valence-electron chi connectivity index (χ3n) is 6.02. The van der Waals surface area contributed by atoms with Gasteiger partial charge in [-0.15, -0.1) is 11.3 Å². The highest BCUT2D eigenvalue weighted by Gasteiger charge is 2.61. The first-order valence-corrected chi connectivity index (χ1v) is 10.5. The lowest BCUT2D eigenvalue weighted by Gasteiger charge is -2.35. The van der Waals surface area contributed by atoms with Gasteiger partial charge in [0.15, 0.2) is 0 Å². The van der Waals surface area contributed by atoms with E-state index in [9.17, 15) is 14.7 Å². The van der Waals surface area contributed by atoms with Crippen molar-refractivity contribution in [2.45, 2.75) is 44.2 Å². The van der Waals surface area contributed by atoms with Crippen LogP contribution in [-0.2, 0) is 22.4 Å². The number of nitrogens with zero attached hydrogens (tertiary/aromatic N) is 3. The first-order chi connectivity index (χ1) is 13.6. The monoisotopic (exact) mass is 400 g/mol. The van der Waals surface area contributed by atoms with Crippen LogP contribution < -0.4 is 5.32 Å². The summed E-state index contributed by atoms with van der Waals surface area (Å²) in [5, 5.41) is 14.4. The van der Waals surface area contributed by atoms with Crippen LogP contribution in [0, 0.1) is 5.41 Å². The molecule has 0 radical (unpaired) electrons. The summed E-state index contributed by atoms with van der Waals surface area (Å²) in [5.74, 6) is -0.303. The van der Waals surface area contributed by atoms with E-state index in [1.807, 2.05) is 17.5 Å². The van der Waals surface area contributed by atoms with E-state index in [4.69, 9.17) is 0 Å². The Bertz CT molecular complexity index is 829. The van der Waals surface area contributed by atoms with Gasteiger partial charge in [-0.05, 0) is 37.3 Å². The first-order valence-electron chi connectivity index (χ1n) is 9.60. The van der Waals surface area contributed by atoms with Crippen LogP contribution in [0.1, 0.15) is 30.5 Å². The van der Waals surface area contributed by atoms with Crippen LogP contribution in [0.2, 0.25) is 0 Å². The molecule has 2 aliphatic rings. The fraction of sp³-hybridized carbons (Fsp3) is 0.500. The van der Waals surface area contributed by atoms with Crippen molar-refractivity contribution in [3.63, 3.8) is 0 Å². The Morgan fingerprint density at radius 2 is 2.29 bits per heavy atom. The number of rotatable bonds is 7. The normalized spacial score (nSPS) is 25.8. The van der Waals surface area contributed by atoms with Crippen molar-refractivity contribution in [1.29, 1.82) is 0 Å². The van der Waals surface area contributed by atoms with E-state index in [0.717, 1.165) is 24.1 Å². The molecular formula is C20H24N4O3S. The number of hydrogen-bond donors (Lipinski definition) is 2. The molecule has 28 heavy (non-hydrogen) atoms. The quantitative estimate of drug-likeness (QED) is 0.728. The number of carbonyl (C=O) groups is 2. The molecule has 2 fully saturated rings. The molecule has 0 aromatic carbocycles. The maximum atomic E-state index is 13.4. The van der Waals surface area contributed by atoms with Crippen LogP contribution in [0.5, 0.6) is 0 Å². The van der Waals surface area contributed by atoms with Crippen molar-refractivity contribution in [2.24, 2.45) is 5.41 Å². The van der Waals surface area contributed by atoms with Gasteiger partial charge in [0.2, 0.25) is 11.8 Å². The Morgan fingerprint density at radius 3 is 3.00 bits per heavy atom. The Morgan fingerprint density at radius 1 is 1.39 bits per heavy atom. The molecule has 2 aromatic heterocycles. The number of hydrogen-bond acceptors (Lipinski definition) is 6. The van der Waals surface area contributed by atoms with E-state index < -0.39 is 12.0 Å². The largest absolute Gasteiger partial charge is 0.387 e. The molecule has 0 aliphatic carbocycles. The molecule has 148 valence electrons. The molecule has 0 unspecified atom stereocenters. The molecule has 0 spiro atoms. The molecule has 2 saturated heterocycles. The lowest BCUT2D eigenvalue weighted by Crippen LogP contribution is -2.52.